The lowest BCUT2D eigenvalue weighted by molar-refractivity contribution is 0.614. The van der Waals surface area contributed by atoms with Crippen molar-refractivity contribution >= 4 is 0 Å². The molecule has 0 spiro atoms. The molecule has 1 aromatic rings. The lowest BCUT2D eigenvalue weighted by atomic mass is 10.1. The maximum absolute atomic E-state index is 12.4. The third-order valence-electron chi connectivity index (χ3n) is 1.47. The highest BCUT2D eigenvalue weighted by molar-refractivity contribution is 5.11. The van der Waals surface area contributed by atoms with Crippen LogP contribution >= 0.6 is 0 Å². The lowest BCUT2D eigenvalue weighted by Crippen LogP contribution is -2.10. The number of rotatable bonds is 2. The lowest BCUT2D eigenvalue weighted by Gasteiger charge is -2.05. The van der Waals surface area contributed by atoms with Gasteiger partial charge in [-0.25, -0.2) is 4.39 Å². The van der Waals surface area contributed by atoms with Crippen molar-refractivity contribution in [2.75, 3.05) is 0 Å². The number of halogens is 1. The number of aromatic nitrogens is 1. The van der Waals surface area contributed by atoms with Gasteiger partial charge in [0.05, 0.1) is 17.9 Å². The predicted molar refractivity (Wildman–Crippen MR) is 44.6 cm³/mol. The number of nitrogens with two attached hydrogens (primary N) is 1. The summed E-state index contributed by atoms with van der Waals surface area (Å²) in [5.74, 6) is 2.05. The number of nitrogens with zero attached hydrogens (tertiary/aromatic N) is 1. The van der Waals surface area contributed by atoms with Gasteiger partial charge >= 0.3 is 0 Å². The van der Waals surface area contributed by atoms with Crippen LogP contribution in [-0.2, 0) is 0 Å². The van der Waals surface area contributed by atoms with Gasteiger partial charge in [0.1, 0.15) is 5.82 Å². The van der Waals surface area contributed by atoms with Crippen LogP contribution in [0.1, 0.15) is 18.2 Å². The van der Waals surface area contributed by atoms with Gasteiger partial charge in [-0.05, 0) is 12.1 Å². The molecule has 12 heavy (non-hydrogen) atoms. The molecule has 0 amide bonds. The minimum atomic E-state index is -0.369. The number of hydrogen-bond donors (Lipinski definition) is 1. The SMILES string of the molecule is C#CCC(N)c1ccc(F)cn1. The standard InChI is InChI=1S/C9H9FN2/c1-2-3-8(11)9-5-4-7(10)6-12-9/h1,4-6,8H,3,11H2. The molecule has 0 aromatic carbocycles. The van der Waals surface area contributed by atoms with E-state index in [-0.39, 0.29) is 11.9 Å². The van der Waals surface area contributed by atoms with E-state index in [4.69, 9.17) is 12.2 Å². The van der Waals surface area contributed by atoms with Crippen LogP contribution in [0.5, 0.6) is 0 Å². The van der Waals surface area contributed by atoms with Gasteiger partial charge in [0.15, 0.2) is 0 Å². The summed E-state index contributed by atoms with van der Waals surface area (Å²) in [6, 6.07) is 2.56. The second-order valence-electron chi connectivity index (χ2n) is 2.42. The van der Waals surface area contributed by atoms with Gasteiger partial charge in [-0.15, -0.1) is 12.3 Å². The van der Waals surface area contributed by atoms with Crippen LogP contribution in [-0.4, -0.2) is 4.98 Å². The topological polar surface area (TPSA) is 38.9 Å². The molecule has 0 aliphatic carbocycles. The summed E-state index contributed by atoms with van der Waals surface area (Å²) >= 11 is 0. The normalized spacial score (nSPS) is 12.1. The molecular weight excluding hydrogens is 155 g/mol. The molecule has 0 saturated heterocycles. The Balaban J connectivity index is 2.76. The van der Waals surface area contributed by atoms with Crippen molar-refractivity contribution < 1.29 is 4.39 Å². The van der Waals surface area contributed by atoms with Gasteiger partial charge < -0.3 is 5.73 Å². The molecule has 1 atom stereocenters. The highest BCUT2D eigenvalue weighted by atomic mass is 19.1. The van der Waals surface area contributed by atoms with Crippen molar-refractivity contribution in [1.29, 1.82) is 0 Å². The number of terminal acetylenes is 1. The number of pyridine rings is 1. The van der Waals surface area contributed by atoms with E-state index in [1.807, 2.05) is 0 Å². The molecule has 1 heterocycles. The summed E-state index contributed by atoms with van der Waals surface area (Å²) in [6.45, 7) is 0. The molecule has 1 rings (SSSR count). The Hall–Kier alpha value is -1.40. The van der Waals surface area contributed by atoms with Crippen molar-refractivity contribution in [3.8, 4) is 12.3 Å². The fourth-order valence-corrected chi connectivity index (χ4v) is 0.838. The summed E-state index contributed by atoms with van der Waals surface area (Å²) in [6.07, 6.45) is 6.61. The molecular formula is C9H9FN2. The maximum Gasteiger partial charge on any atom is 0.141 e. The second-order valence-corrected chi connectivity index (χ2v) is 2.42. The van der Waals surface area contributed by atoms with Crippen LogP contribution in [0.2, 0.25) is 0 Å². The minimum absolute atomic E-state index is 0.296. The third-order valence-corrected chi connectivity index (χ3v) is 1.47. The first-order valence-electron chi connectivity index (χ1n) is 3.54. The Morgan fingerprint density at radius 3 is 2.92 bits per heavy atom. The van der Waals surface area contributed by atoms with Gasteiger partial charge in [-0.2, -0.15) is 0 Å². The van der Waals surface area contributed by atoms with E-state index < -0.39 is 0 Å². The van der Waals surface area contributed by atoms with Gasteiger partial charge in [-0.3, -0.25) is 4.98 Å². The van der Waals surface area contributed by atoms with Crippen LogP contribution in [0.15, 0.2) is 18.3 Å². The zero-order chi connectivity index (χ0) is 8.97. The molecule has 3 heteroatoms. The highest BCUT2D eigenvalue weighted by Crippen LogP contribution is 2.09. The van der Waals surface area contributed by atoms with Crippen LogP contribution < -0.4 is 5.73 Å². The van der Waals surface area contributed by atoms with Crippen molar-refractivity contribution in [1.82, 2.24) is 4.98 Å². The average molecular weight is 164 g/mol. The molecule has 0 bridgehead atoms. The Bertz CT molecular complexity index is 286. The molecule has 0 aliphatic heterocycles. The molecule has 2 nitrogen and oxygen atoms in total. The summed E-state index contributed by atoms with van der Waals surface area (Å²) in [4.78, 5) is 3.80. The molecule has 1 aromatic heterocycles. The fraction of sp³-hybridized carbons (Fsp3) is 0.222. The van der Waals surface area contributed by atoms with Crippen LogP contribution in [0, 0.1) is 18.2 Å². The van der Waals surface area contributed by atoms with Crippen molar-refractivity contribution in [3.63, 3.8) is 0 Å². The largest absolute Gasteiger partial charge is 0.322 e. The quantitative estimate of drug-likeness (QED) is 0.668. The van der Waals surface area contributed by atoms with Gasteiger partial charge in [0.25, 0.3) is 0 Å². The van der Waals surface area contributed by atoms with Crippen molar-refractivity contribution in [2.45, 2.75) is 12.5 Å². The van der Waals surface area contributed by atoms with E-state index in [1.54, 1.807) is 0 Å². The fourth-order valence-electron chi connectivity index (χ4n) is 0.838. The zero-order valence-electron chi connectivity index (χ0n) is 6.50. The van der Waals surface area contributed by atoms with Gasteiger partial charge in [0, 0.05) is 6.42 Å². The first-order chi connectivity index (χ1) is 5.74. The van der Waals surface area contributed by atoms with Crippen LogP contribution in [0.3, 0.4) is 0 Å². The summed E-state index contributed by atoms with van der Waals surface area (Å²) in [5.41, 5.74) is 6.25. The smallest absolute Gasteiger partial charge is 0.141 e. The zero-order valence-corrected chi connectivity index (χ0v) is 6.50. The highest BCUT2D eigenvalue weighted by Gasteiger charge is 2.04. The van der Waals surface area contributed by atoms with Crippen molar-refractivity contribution in [2.24, 2.45) is 5.73 Å². The van der Waals surface area contributed by atoms with E-state index in [0.717, 1.165) is 6.20 Å². The van der Waals surface area contributed by atoms with Gasteiger partial charge in [-0.1, -0.05) is 0 Å². The van der Waals surface area contributed by atoms with E-state index >= 15 is 0 Å². The molecule has 0 saturated carbocycles. The summed E-state index contributed by atoms with van der Waals surface area (Å²) in [7, 11) is 0. The Morgan fingerprint density at radius 1 is 1.67 bits per heavy atom. The predicted octanol–water partition coefficient (Wildman–Crippen LogP) is 1.24. The number of hydrogen-bond acceptors (Lipinski definition) is 2. The molecule has 0 aliphatic rings. The average Bonchev–Trinajstić information content (AvgIpc) is 2.06. The van der Waals surface area contributed by atoms with Crippen LogP contribution in [0.4, 0.5) is 4.39 Å². The first kappa shape index (κ1) is 8.69. The Labute approximate surface area is 70.6 Å². The molecule has 1 unspecified atom stereocenters. The van der Waals surface area contributed by atoms with E-state index in [9.17, 15) is 4.39 Å². The first-order valence-corrected chi connectivity index (χ1v) is 3.54. The van der Waals surface area contributed by atoms with Crippen LogP contribution in [0.25, 0.3) is 0 Å². The molecule has 2 N–H and O–H groups in total. The van der Waals surface area contributed by atoms with E-state index in [0.29, 0.717) is 12.1 Å². The maximum atomic E-state index is 12.4. The monoisotopic (exact) mass is 164 g/mol. The Kier molecular flexibility index (Phi) is 2.78. The van der Waals surface area contributed by atoms with E-state index in [1.165, 1.54) is 12.1 Å². The van der Waals surface area contributed by atoms with Gasteiger partial charge in [0.2, 0.25) is 0 Å². The Morgan fingerprint density at radius 2 is 2.42 bits per heavy atom. The molecule has 0 radical (unpaired) electrons. The summed E-state index contributed by atoms with van der Waals surface area (Å²) in [5, 5.41) is 0. The van der Waals surface area contributed by atoms with Crippen molar-refractivity contribution in [3.05, 3.63) is 29.8 Å². The molecule has 0 fully saturated rings. The minimum Gasteiger partial charge on any atom is -0.322 e. The second kappa shape index (κ2) is 3.84. The summed E-state index contributed by atoms with van der Waals surface area (Å²) < 4.78 is 12.4. The third kappa shape index (κ3) is 2.04. The van der Waals surface area contributed by atoms with E-state index in [2.05, 4.69) is 10.9 Å². The molecule has 62 valence electrons.